The van der Waals surface area contributed by atoms with Crippen molar-refractivity contribution in [3.63, 3.8) is 0 Å². The lowest BCUT2D eigenvalue weighted by molar-refractivity contribution is 0.477. The van der Waals surface area contributed by atoms with E-state index in [0.29, 0.717) is 31.1 Å². The zero-order chi connectivity index (χ0) is 19.6. The molecule has 2 aromatic rings. The lowest BCUT2D eigenvalue weighted by atomic mass is 10.0. The molecule has 2 saturated heterocycles. The van der Waals surface area contributed by atoms with Gasteiger partial charge in [0.1, 0.15) is 16.5 Å². The maximum Gasteiger partial charge on any atom is 0.244 e. The van der Waals surface area contributed by atoms with E-state index in [0.717, 1.165) is 32.2 Å². The average Bonchev–Trinajstić information content (AvgIpc) is 3.25. The van der Waals surface area contributed by atoms with Crippen molar-refractivity contribution in [2.24, 2.45) is 0 Å². The van der Waals surface area contributed by atoms with Crippen molar-refractivity contribution in [1.29, 1.82) is 0 Å². The van der Waals surface area contributed by atoms with Gasteiger partial charge in [0, 0.05) is 38.4 Å². The second-order valence-corrected chi connectivity index (χ2v) is 9.31. The average molecular weight is 405 g/mol. The second kappa shape index (κ2) is 8.05. The van der Waals surface area contributed by atoms with Gasteiger partial charge >= 0.3 is 0 Å². The standard InChI is InChI=1S/C20H25FN4O2S/c21-18-7-1-2-8-19(18)24-11-5-6-16(15-24)23-20-10-9-17(14-22-20)28(26,27)25-12-3-4-13-25/h1-2,7-10,14,16H,3-6,11-13,15H2,(H,22,23). The number of anilines is 2. The van der Waals surface area contributed by atoms with E-state index in [-0.39, 0.29) is 16.8 Å². The van der Waals surface area contributed by atoms with E-state index in [1.165, 1.54) is 16.6 Å². The Morgan fingerprint density at radius 1 is 1.04 bits per heavy atom. The first-order valence-electron chi connectivity index (χ1n) is 9.76. The van der Waals surface area contributed by atoms with Crippen molar-refractivity contribution in [3.8, 4) is 0 Å². The van der Waals surface area contributed by atoms with Crippen molar-refractivity contribution in [2.75, 3.05) is 36.4 Å². The Kier molecular flexibility index (Phi) is 5.50. The van der Waals surface area contributed by atoms with E-state index in [1.54, 1.807) is 24.3 Å². The van der Waals surface area contributed by atoms with Crippen LogP contribution in [0.1, 0.15) is 25.7 Å². The summed E-state index contributed by atoms with van der Waals surface area (Å²) in [5.74, 6) is 0.429. The maximum absolute atomic E-state index is 14.1. The van der Waals surface area contributed by atoms with Crippen LogP contribution in [0, 0.1) is 5.82 Å². The summed E-state index contributed by atoms with van der Waals surface area (Å²) >= 11 is 0. The van der Waals surface area contributed by atoms with Gasteiger partial charge in [0.2, 0.25) is 10.0 Å². The van der Waals surface area contributed by atoms with Crippen LogP contribution in [0.2, 0.25) is 0 Å². The van der Waals surface area contributed by atoms with E-state index < -0.39 is 10.0 Å². The maximum atomic E-state index is 14.1. The Balaban J connectivity index is 1.42. The van der Waals surface area contributed by atoms with Crippen LogP contribution in [0.4, 0.5) is 15.9 Å². The predicted octanol–water partition coefficient (Wildman–Crippen LogP) is 3.09. The zero-order valence-electron chi connectivity index (χ0n) is 15.7. The summed E-state index contributed by atoms with van der Waals surface area (Å²) in [5.41, 5.74) is 0.619. The number of hydrogen-bond acceptors (Lipinski definition) is 5. The minimum Gasteiger partial charge on any atom is -0.367 e. The highest BCUT2D eigenvalue weighted by molar-refractivity contribution is 7.89. The molecule has 28 heavy (non-hydrogen) atoms. The van der Waals surface area contributed by atoms with E-state index in [9.17, 15) is 12.8 Å². The molecule has 1 aromatic heterocycles. The van der Waals surface area contributed by atoms with Crippen LogP contribution in [0.15, 0.2) is 47.5 Å². The molecular weight excluding hydrogens is 379 g/mol. The number of nitrogens with one attached hydrogen (secondary N) is 1. The molecule has 2 fully saturated rings. The number of piperidine rings is 1. The van der Waals surface area contributed by atoms with Crippen molar-refractivity contribution in [1.82, 2.24) is 9.29 Å². The first-order chi connectivity index (χ1) is 13.5. The van der Waals surface area contributed by atoms with Crippen LogP contribution in [-0.4, -0.2) is 49.9 Å². The predicted molar refractivity (Wildman–Crippen MR) is 107 cm³/mol. The number of para-hydroxylation sites is 1. The molecule has 4 rings (SSSR count). The quantitative estimate of drug-likeness (QED) is 0.830. The Bertz CT molecular complexity index is 914. The third-order valence-corrected chi connectivity index (χ3v) is 7.29. The Morgan fingerprint density at radius 2 is 1.82 bits per heavy atom. The molecule has 1 N–H and O–H groups in total. The van der Waals surface area contributed by atoms with E-state index in [4.69, 9.17) is 0 Å². The van der Waals surface area contributed by atoms with Crippen molar-refractivity contribution >= 4 is 21.5 Å². The Morgan fingerprint density at radius 3 is 2.54 bits per heavy atom. The molecule has 150 valence electrons. The number of pyridine rings is 1. The van der Waals surface area contributed by atoms with Crippen LogP contribution in [0.3, 0.4) is 0 Å². The van der Waals surface area contributed by atoms with Crippen LogP contribution in [-0.2, 0) is 10.0 Å². The van der Waals surface area contributed by atoms with E-state index in [2.05, 4.69) is 10.3 Å². The Hall–Kier alpha value is -2.19. The summed E-state index contributed by atoms with van der Waals surface area (Å²) in [5, 5.41) is 3.36. The number of halogens is 1. The van der Waals surface area contributed by atoms with Gasteiger partial charge in [0.05, 0.1) is 5.69 Å². The van der Waals surface area contributed by atoms with Crippen molar-refractivity contribution in [3.05, 3.63) is 48.4 Å². The molecule has 8 heteroatoms. The Labute approximate surface area is 165 Å². The van der Waals surface area contributed by atoms with Crippen molar-refractivity contribution < 1.29 is 12.8 Å². The van der Waals surface area contributed by atoms with Crippen LogP contribution >= 0.6 is 0 Å². The highest BCUT2D eigenvalue weighted by Gasteiger charge is 2.27. The number of benzene rings is 1. The molecule has 6 nitrogen and oxygen atoms in total. The lowest BCUT2D eigenvalue weighted by Gasteiger charge is -2.35. The topological polar surface area (TPSA) is 65.5 Å². The van der Waals surface area contributed by atoms with Crippen molar-refractivity contribution in [2.45, 2.75) is 36.6 Å². The normalized spacial score (nSPS) is 21.0. The first-order valence-corrected chi connectivity index (χ1v) is 11.2. The molecule has 0 radical (unpaired) electrons. The highest BCUT2D eigenvalue weighted by Crippen LogP contribution is 2.25. The summed E-state index contributed by atoms with van der Waals surface area (Å²) < 4.78 is 40.8. The van der Waals surface area contributed by atoms with Gasteiger partial charge in [-0.1, -0.05) is 12.1 Å². The van der Waals surface area contributed by atoms with Gasteiger partial charge in [-0.15, -0.1) is 0 Å². The van der Waals surface area contributed by atoms with Crippen LogP contribution in [0.25, 0.3) is 0 Å². The number of aromatic nitrogens is 1. The first kappa shape index (κ1) is 19.1. The molecular formula is C20H25FN4O2S. The molecule has 1 aromatic carbocycles. The number of sulfonamides is 1. The molecule has 2 aliphatic heterocycles. The molecule has 2 aliphatic rings. The molecule has 0 bridgehead atoms. The zero-order valence-corrected chi connectivity index (χ0v) is 16.5. The molecule has 3 heterocycles. The van der Waals surface area contributed by atoms with E-state index in [1.807, 2.05) is 11.0 Å². The fraction of sp³-hybridized carbons (Fsp3) is 0.450. The van der Waals surface area contributed by atoms with Crippen LogP contribution in [0.5, 0.6) is 0 Å². The van der Waals surface area contributed by atoms with Crippen LogP contribution < -0.4 is 10.2 Å². The second-order valence-electron chi connectivity index (χ2n) is 7.37. The minimum absolute atomic E-state index is 0.127. The van der Waals surface area contributed by atoms with Gasteiger partial charge in [-0.2, -0.15) is 4.31 Å². The number of rotatable bonds is 5. The van der Waals surface area contributed by atoms with E-state index >= 15 is 0 Å². The van der Waals surface area contributed by atoms with Gasteiger partial charge in [0.25, 0.3) is 0 Å². The summed E-state index contributed by atoms with van der Waals surface area (Å²) in [6, 6.07) is 10.3. The third-order valence-electron chi connectivity index (χ3n) is 5.41. The number of hydrogen-bond donors (Lipinski definition) is 1. The highest BCUT2D eigenvalue weighted by atomic mass is 32.2. The summed E-state index contributed by atoms with van der Waals surface area (Å²) in [6.07, 6.45) is 5.15. The largest absolute Gasteiger partial charge is 0.367 e. The fourth-order valence-corrected chi connectivity index (χ4v) is 5.39. The smallest absolute Gasteiger partial charge is 0.244 e. The van der Waals surface area contributed by atoms with Gasteiger partial charge < -0.3 is 10.2 Å². The minimum atomic E-state index is -3.44. The monoisotopic (exact) mass is 404 g/mol. The van der Waals surface area contributed by atoms with Gasteiger partial charge in [0.15, 0.2) is 0 Å². The number of nitrogens with zero attached hydrogens (tertiary/aromatic N) is 3. The SMILES string of the molecule is O=S(=O)(c1ccc(NC2CCCN(c3ccccc3F)C2)nc1)N1CCCC1. The molecule has 1 unspecified atom stereocenters. The molecule has 1 atom stereocenters. The lowest BCUT2D eigenvalue weighted by Crippen LogP contribution is -2.42. The van der Waals surface area contributed by atoms with Gasteiger partial charge in [-0.05, 0) is 49.9 Å². The summed E-state index contributed by atoms with van der Waals surface area (Å²) in [4.78, 5) is 6.59. The van der Waals surface area contributed by atoms with Gasteiger partial charge in [-0.25, -0.2) is 17.8 Å². The molecule has 0 amide bonds. The summed E-state index contributed by atoms with van der Waals surface area (Å²) in [6.45, 7) is 2.66. The fourth-order valence-electron chi connectivity index (χ4n) is 3.93. The third kappa shape index (κ3) is 3.98. The summed E-state index contributed by atoms with van der Waals surface area (Å²) in [7, 11) is -3.44. The molecule has 0 aliphatic carbocycles. The molecule has 0 saturated carbocycles. The molecule has 0 spiro atoms. The van der Waals surface area contributed by atoms with Gasteiger partial charge in [-0.3, -0.25) is 0 Å².